The van der Waals surface area contributed by atoms with Crippen molar-refractivity contribution in [1.82, 2.24) is 19.8 Å². The fourth-order valence-corrected chi connectivity index (χ4v) is 3.68. The second-order valence-corrected chi connectivity index (χ2v) is 7.79. The van der Waals surface area contributed by atoms with Gasteiger partial charge in [-0.15, -0.1) is 10.2 Å². The Bertz CT molecular complexity index is 1120. The van der Waals surface area contributed by atoms with Crippen LogP contribution < -0.4 is 10.1 Å². The first-order valence-electron chi connectivity index (χ1n) is 9.31. The maximum absolute atomic E-state index is 13.1. The second kappa shape index (κ2) is 7.29. The first-order chi connectivity index (χ1) is 14.4. The normalized spacial score (nSPS) is 21.4. The van der Waals surface area contributed by atoms with Crippen molar-refractivity contribution >= 4 is 11.5 Å². The molecule has 0 radical (unpaired) electrons. The third-order valence-electron chi connectivity index (χ3n) is 5.01. The molecule has 0 unspecified atom stereocenters. The van der Waals surface area contributed by atoms with Crippen LogP contribution in [0.15, 0.2) is 24.3 Å². The van der Waals surface area contributed by atoms with Crippen LogP contribution in [-0.2, 0) is 6.18 Å². The molecule has 1 aliphatic carbocycles. The van der Waals surface area contributed by atoms with E-state index in [2.05, 4.69) is 25.3 Å². The molecule has 166 valence electrons. The smallest absolute Gasteiger partial charge is 0.416 e. The molecule has 0 amide bonds. The highest BCUT2D eigenvalue weighted by atomic mass is 19.4. The predicted octanol–water partition coefficient (Wildman–Crippen LogP) is 4.05. The Balaban J connectivity index is 1.79. The van der Waals surface area contributed by atoms with Crippen molar-refractivity contribution < 1.29 is 31.8 Å². The zero-order valence-corrected chi connectivity index (χ0v) is 16.4. The predicted molar refractivity (Wildman–Crippen MR) is 99.9 cm³/mol. The average Bonchev–Trinajstić information content (AvgIpc) is 3.01. The first kappa shape index (κ1) is 21.2. The molecule has 1 aromatic carbocycles. The lowest BCUT2D eigenvalue weighted by Crippen LogP contribution is -2.48. The Morgan fingerprint density at radius 1 is 1.23 bits per heavy atom. The van der Waals surface area contributed by atoms with Crippen molar-refractivity contribution in [3.8, 4) is 17.0 Å². The van der Waals surface area contributed by atoms with Crippen LogP contribution in [-0.4, -0.2) is 43.2 Å². The van der Waals surface area contributed by atoms with Gasteiger partial charge >= 0.3 is 12.8 Å². The quantitative estimate of drug-likeness (QED) is 0.579. The van der Waals surface area contributed by atoms with E-state index in [-0.39, 0.29) is 23.2 Å². The molecular weight excluding hydrogens is 425 g/mol. The van der Waals surface area contributed by atoms with E-state index in [1.165, 1.54) is 4.52 Å². The van der Waals surface area contributed by atoms with Gasteiger partial charge < -0.3 is 15.2 Å². The lowest BCUT2D eigenvalue weighted by Gasteiger charge is -2.41. The molecule has 0 aliphatic heterocycles. The molecule has 0 atom stereocenters. The number of benzene rings is 1. The Kier molecular flexibility index (Phi) is 4.99. The molecule has 31 heavy (non-hydrogen) atoms. The minimum Gasteiger partial charge on any atom is -0.434 e. The van der Waals surface area contributed by atoms with Crippen molar-refractivity contribution in [2.24, 2.45) is 0 Å². The van der Waals surface area contributed by atoms with Crippen LogP contribution in [0.4, 0.5) is 27.9 Å². The molecule has 3 aromatic rings. The van der Waals surface area contributed by atoms with Gasteiger partial charge in [-0.05, 0) is 51.0 Å². The highest BCUT2D eigenvalue weighted by Gasteiger charge is 2.39. The fourth-order valence-electron chi connectivity index (χ4n) is 3.68. The summed E-state index contributed by atoms with van der Waals surface area (Å²) in [6, 6.07) is 3.83. The first-order valence-corrected chi connectivity index (χ1v) is 9.31. The summed E-state index contributed by atoms with van der Waals surface area (Å²) in [6.45, 7) is 0.0750. The molecule has 1 saturated carbocycles. The molecule has 0 saturated heterocycles. The topological polar surface area (TPSA) is 84.6 Å². The Labute approximate surface area is 172 Å². The largest absolute Gasteiger partial charge is 0.434 e. The van der Waals surface area contributed by atoms with Crippen LogP contribution in [0.2, 0.25) is 0 Å². The molecule has 4 rings (SSSR count). The van der Waals surface area contributed by atoms with Crippen molar-refractivity contribution in [3.63, 3.8) is 0 Å². The Hall–Kier alpha value is -3.02. The van der Waals surface area contributed by atoms with E-state index in [1.807, 2.05) is 0 Å². The minimum absolute atomic E-state index is 0.0381. The summed E-state index contributed by atoms with van der Waals surface area (Å²) in [6.07, 6.45) is -3.75. The minimum atomic E-state index is -4.73. The van der Waals surface area contributed by atoms with E-state index in [0.29, 0.717) is 30.1 Å². The van der Waals surface area contributed by atoms with Gasteiger partial charge in [0.05, 0.1) is 22.4 Å². The summed E-state index contributed by atoms with van der Waals surface area (Å²) in [5, 5.41) is 25.4. The van der Waals surface area contributed by atoms with Crippen molar-refractivity contribution in [1.29, 1.82) is 0 Å². The van der Waals surface area contributed by atoms with Crippen molar-refractivity contribution in [3.05, 3.63) is 35.5 Å². The highest BCUT2D eigenvalue weighted by molar-refractivity contribution is 5.81. The lowest BCUT2D eigenvalue weighted by atomic mass is 9.77. The number of alkyl halides is 5. The van der Waals surface area contributed by atoms with Gasteiger partial charge in [-0.2, -0.15) is 31.6 Å². The number of fused-ring (bicyclic) bond motifs is 1. The van der Waals surface area contributed by atoms with Gasteiger partial charge in [-0.1, -0.05) is 0 Å². The second-order valence-electron chi connectivity index (χ2n) is 7.79. The summed E-state index contributed by atoms with van der Waals surface area (Å²) >= 11 is 0. The number of nitrogens with zero attached hydrogens (tertiary/aromatic N) is 4. The Morgan fingerprint density at radius 3 is 2.55 bits per heavy atom. The van der Waals surface area contributed by atoms with E-state index >= 15 is 0 Å². The summed E-state index contributed by atoms with van der Waals surface area (Å²) in [7, 11) is 0. The molecule has 0 bridgehead atoms. The van der Waals surface area contributed by atoms with E-state index in [0.717, 1.165) is 12.1 Å². The van der Waals surface area contributed by atoms with Gasteiger partial charge in [-0.25, -0.2) is 0 Å². The number of rotatable bonds is 5. The van der Waals surface area contributed by atoms with Crippen LogP contribution in [0.5, 0.6) is 5.75 Å². The zero-order valence-electron chi connectivity index (χ0n) is 16.4. The molecule has 12 heteroatoms. The van der Waals surface area contributed by atoms with E-state index in [1.54, 1.807) is 19.9 Å². The summed E-state index contributed by atoms with van der Waals surface area (Å²) in [4.78, 5) is 0. The summed E-state index contributed by atoms with van der Waals surface area (Å²) in [5.74, 6) is -0.411. The highest BCUT2D eigenvalue weighted by Crippen LogP contribution is 2.39. The number of aryl methyl sites for hydroxylation is 1. The molecule has 2 N–H and O–H groups in total. The van der Waals surface area contributed by atoms with E-state index in [9.17, 15) is 27.1 Å². The number of aromatic nitrogens is 4. The van der Waals surface area contributed by atoms with Gasteiger partial charge in [0, 0.05) is 11.6 Å². The van der Waals surface area contributed by atoms with E-state index < -0.39 is 29.7 Å². The van der Waals surface area contributed by atoms with Crippen LogP contribution in [0.25, 0.3) is 16.8 Å². The van der Waals surface area contributed by atoms with Crippen LogP contribution in [0.3, 0.4) is 0 Å². The number of halogens is 5. The van der Waals surface area contributed by atoms with Gasteiger partial charge in [-0.3, -0.25) is 0 Å². The third-order valence-corrected chi connectivity index (χ3v) is 5.01. The molecule has 2 aromatic heterocycles. The fraction of sp³-hybridized carbons (Fsp3) is 0.421. The number of anilines is 1. The summed E-state index contributed by atoms with van der Waals surface area (Å²) in [5.41, 5.74) is -1.04. The Morgan fingerprint density at radius 2 is 1.94 bits per heavy atom. The van der Waals surface area contributed by atoms with Crippen LogP contribution >= 0.6 is 0 Å². The third kappa shape index (κ3) is 4.24. The maximum Gasteiger partial charge on any atom is 0.416 e. The number of nitrogens with one attached hydrogen (secondary N) is 1. The van der Waals surface area contributed by atoms with Gasteiger partial charge in [0.15, 0.2) is 0 Å². The van der Waals surface area contributed by atoms with Crippen molar-refractivity contribution in [2.45, 2.75) is 51.1 Å². The van der Waals surface area contributed by atoms with Crippen molar-refractivity contribution in [2.75, 3.05) is 5.32 Å². The number of ether oxygens (including phenoxy) is 1. The molecule has 1 aliphatic rings. The van der Waals surface area contributed by atoms with Gasteiger partial charge in [0.25, 0.3) is 0 Å². The lowest BCUT2D eigenvalue weighted by molar-refractivity contribution is -0.138. The SMILES string of the molecule is Cc1cc2c(-c3ccc(C(F)(F)F)cc3OC(F)F)nnc(NC3CC(C)(O)C3)n2n1. The number of hydrogen-bond donors (Lipinski definition) is 2. The van der Waals surface area contributed by atoms with Crippen LogP contribution in [0, 0.1) is 6.92 Å². The molecule has 1 fully saturated rings. The summed E-state index contributed by atoms with van der Waals surface area (Å²) < 4.78 is 70.7. The number of aliphatic hydroxyl groups is 1. The van der Waals surface area contributed by atoms with Gasteiger partial charge in [0.2, 0.25) is 5.95 Å². The maximum atomic E-state index is 13.1. The standard InChI is InChI=1S/C19H18F5N5O2/c1-9-5-13-15(12-4-3-10(19(22,23)24)6-14(12)31-16(20)21)26-27-17(29(13)28-9)25-11-7-18(2,30)8-11/h3-6,11,16,30H,7-8H2,1-2H3,(H,25,27). The monoisotopic (exact) mass is 443 g/mol. The van der Waals surface area contributed by atoms with Crippen LogP contribution in [0.1, 0.15) is 31.0 Å². The molecule has 0 spiro atoms. The number of hydrogen-bond acceptors (Lipinski definition) is 6. The molecule has 7 nitrogen and oxygen atoms in total. The average molecular weight is 443 g/mol. The van der Waals surface area contributed by atoms with E-state index in [4.69, 9.17) is 0 Å². The molecular formula is C19H18F5N5O2. The van der Waals surface area contributed by atoms with Gasteiger partial charge in [0.1, 0.15) is 11.4 Å². The molecule has 2 heterocycles. The zero-order chi connectivity index (χ0) is 22.6.